The van der Waals surface area contributed by atoms with Crippen LogP contribution >= 0.6 is 0 Å². The Morgan fingerprint density at radius 1 is 1.17 bits per heavy atom. The second-order valence-electron chi connectivity index (χ2n) is 4.72. The molecule has 0 saturated heterocycles. The summed E-state index contributed by atoms with van der Waals surface area (Å²) in [6.45, 7) is 4.59. The van der Waals surface area contributed by atoms with E-state index in [1.165, 1.54) is 11.1 Å². The number of hydrogen-bond donors (Lipinski definition) is 1. The fourth-order valence-electron chi connectivity index (χ4n) is 2.51. The van der Waals surface area contributed by atoms with Crippen molar-refractivity contribution in [1.82, 2.24) is 14.5 Å². The topological polar surface area (TPSA) is 47.1 Å². The van der Waals surface area contributed by atoms with Crippen molar-refractivity contribution in [2.75, 3.05) is 6.54 Å². The molecule has 0 bridgehead atoms. The summed E-state index contributed by atoms with van der Waals surface area (Å²) < 4.78 is 2.23. The Hall–Kier alpha value is -1.65. The van der Waals surface area contributed by atoms with Gasteiger partial charge in [0.15, 0.2) is 0 Å². The maximum Gasteiger partial charge on any atom is 0.122 e. The smallest absolute Gasteiger partial charge is 0.122 e. The highest BCUT2D eigenvalue weighted by molar-refractivity contribution is 5.26. The Kier molecular flexibility index (Phi) is 3.13. The molecular weight excluding hydrogens is 224 g/mol. The van der Waals surface area contributed by atoms with Crippen LogP contribution in [0.4, 0.5) is 0 Å². The van der Waals surface area contributed by atoms with Gasteiger partial charge in [0.2, 0.25) is 0 Å². The van der Waals surface area contributed by atoms with Gasteiger partial charge >= 0.3 is 0 Å². The number of nitrogens with zero attached hydrogens (tertiary/aromatic N) is 3. The molecule has 0 amide bonds. The first kappa shape index (κ1) is 11.4. The fraction of sp³-hybridized carbons (Fsp3) is 0.357. The largest absolute Gasteiger partial charge is 0.333 e. The van der Waals surface area contributed by atoms with E-state index < -0.39 is 0 Å². The summed E-state index contributed by atoms with van der Waals surface area (Å²) >= 11 is 0. The van der Waals surface area contributed by atoms with Crippen LogP contribution in [0.25, 0.3) is 0 Å². The summed E-state index contributed by atoms with van der Waals surface area (Å²) in [5, 5.41) is 0. The van der Waals surface area contributed by atoms with Crippen molar-refractivity contribution in [3.05, 3.63) is 53.6 Å². The van der Waals surface area contributed by atoms with Crippen LogP contribution in [0.5, 0.6) is 0 Å². The minimum absolute atomic E-state index is 0.610. The molecule has 94 valence electrons. The molecule has 1 aromatic carbocycles. The van der Waals surface area contributed by atoms with Crippen LogP contribution < -0.4 is 5.73 Å². The first-order chi connectivity index (χ1) is 8.86. The van der Waals surface area contributed by atoms with Gasteiger partial charge in [0.25, 0.3) is 0 Å². The van der Waals surface area contributed by atoms with Crippen LogP contribution in [0.1, 0.15) is 17.0 Å². The van der Waals surface area contributed by atoms with Crippen molar-refractivity contribution in [1.29, 1.82) is 0 Å². The van der Waals surface area contributed by atoms with Gasteiger partial charge in [-0.05, 0) is 11.1 Å². The minimum Gasteiger partial charge on any atom is -0.333 e. The zero-order valence-electron chi connectivity index (χ0n) is 10.4. The Bertz CT molecular complexity index is 532. The molecular formula is C14H18N4. The zero-order valence-corrected chi connectivity index (χ0v) is 10.4. The fourth-order valence-corrected chi connectivity index (χ4v) is 2.51. The highest BCUT2D eigenvalue weighted by atomic mass is 15.2. The van der Waals surface area contributed by atoms with Gasteiger partial charge in [-0.3, -0.25) is 4.90 Å². The van der Waals surface area contributed by atoms with Crippen molar-refractivity contribution in [2.24, 2.45) is 5.73 Å². The first-order valence-corrected chi connectivity index (χ1v) is 6.36. The molecule has 3 rings (SSSR count). The lowest BCUT2D eigenvalue weighted by Crippen LogP contribution is -2.33. The van der Waals surface area contributed by atoms with E-state index in [4.69, 9.17) is 5.73 Å². The predicted octanol–water partition coefficient (Wildman–Crippen LogP) is 1.36. The second kappa shape index (κ2) is 4.92. The third kappa shape index (κ3) is 2.17. The zero-order chi connectivity index (χ0) is 12.4. The minimum atomic E-state index is 0.610. The van der Waals surface area contributed by atoms with Crippen LogP contribution in [0.2, 0.25) is 0 Å². The molecule has 0 saturated carbocycles. The molecule has 0 atom stereocenters. The summed E-state index contributed by atoms with van der Waals surface area (Å²) in [4.78, 5) is 6.82. The molecule has 4 heteroatoms. The molecule has 1 aromatic heterocycles. The van der Waals surface area contributed by atoms with Crippen LogP contribution in [0.15, 0.2) is 36.7 Å². The van der Waals surface area contributed by atoms with Gasteiger partial charge in [0.05, 0.1) is 6.54 Å². The molecule has 18 heavy (non-hydrogen) atoms. The van der Waals surface area contributed by atoms with Crippen molar-refractivity contribution >= 4 is 0 Å². The number of aromatic nitrogens is 2. The third-order valence-electron chi connectivity index (χ3n) is 3.56. The average molecular weight is 242 g/mol. The standard InChI is InChI=1S/C14H18N4/c15-9-12-3-1-2-4-13(12)10-17-7-8-18-6-5-16-14(18)11-17/h1-6H,7-11,15H2. The van der Waals surface area contributed by atoms with E-state index in [9.17, 15) is 0 Å². The number of imidazole rings is 1. The molecule has 0 fully saturated rings. The molecule has 0 spiro atoms. The average Bonchev–Trinajstić information content (AvgIpc) is 2.87. The van der Waals surface area contributed by atoms with E-state index >= 15 is 0 Å². The third-order valence-corrected chi connectivity index (χ3v) is 3.56. The molecule has 2 heterocycles. The summed E-state index contributed by atoms with van der Waals surface area (Å²) in [6, 6.07) is 8.41. The quantitative estimate of drug-likeness (QED) is 0.884. The van der Waals surface area contributed by atoms with E-state index in [0.29, 0.717) is 6.54 Å². The van der Waals surface area contributed by atoms with E-state index in [0.717, 1.165) is 32.0 Å². The summed E-state index contributed by atoms with van der Waals surface area (Å²) in [7, 11) is 0. The maximum atomic E-state index is 5.78. The molecule has 0 radical (unpaired) electrons. The van der Waals surface area contributed by atoms with E-state index in [1.807, 2.05) is 6.20 Å². The van der Waals surface area contributed by atoms with E-state index in [1.54, 1.807) is 0 Å². The predicted molar refractivity (Wildman–Crippen MR) is 70.7 cm³/mol. The van der Waals surface area contributed by atoms with Gasteiger partial charge in [-0.2, -0.15) is 0 Å². The van der Waals surface area contributed by atoms with Gasteiger partial charge in [0.1, 0.15) is 5.82 Å². The Labute approximate surface area is 107 Å². The molecule has 2 aromatic rings. The van der Waals surface area contributed by atoms with E-state index in [-0.39, 0.29) is 0 Å². The van der Waals surface area contributed by atoms with Gasteiger partial charge in [0, 0.05) is 38.6 Å². The molecule has 4 nitrogen and oxygen atoms in total. The molecule has 2 N–H and O–H groups in total. The monoisotopic (exact) mass is 242 g/mol. The van der Waals surface area contributed by atoms with Gasteiger partial charge in [-0.25, -0.2) is 4.98 Å². The SMILES string of the molecule is NCc1ccccc1CN1CCn2ccnc2C1. The molecule has 0 aliphatic carbocycles. The van der Waals surface area contributed by atoms with Gasteiger partial charge < -0.3 is 10.3 Å². The van der Waals surface area contributed by atoms with Gasteiger partial charge in [-0.1, -0.05) is 24.3 Å². The number of hydrogen-bond acceptors (Lipinski definition) is 3. The second-order valence-corrected chi connectivity index (χ2v) is 4.72. The Morgan fingerprint density at radius 3 is 2.83 bits per heavy atom. The molecule has 1 aliphatic heterocycles. The highest BCUT2D eigenvalue weighted by Crippen LogP contribution is 2.16. The Balaban J connectivity index is 1.74. The van der Waals surface area contributed by atoms with Crippen molar-refractivity contribution in [3.63, 3.8) is 0 Å². The van der Waals surface area contributed by atoms with E-state index in [2.05, 4.69) is 44.9 Å². The Morgan fingerprint density at radius 2 is 2.00 bits per heavy atom. The molecule has 0 unspecified atom stereocenters. The maximum absolute atomic E-state index is 5.78. The van der Waals surface area contributed by atoms with Crippen LogP contribution in [-0.2, 0) is 26.2 Å². The highest BCUT2D eigenvalue weighted by Gasteiger charge is 2.17. The summed E-state index contributed by atoms with van der Waals surface area (Å²) in [5.74, 6) is 1.16. The van der Waals surface area contributed by atoms with Crippen LogP contribution in [-0.4, -0.2) is 21.0 Å². The van der Waals surface area contributed by atoms with Crippen molar-refractivity contribution in [3.8, 4) is 0 Å². The summed E-state index contributed by atoms with van der Waals surface area (Å²) in [5.41, 5.74) is 8.36. The number of nitrogens with two attached hydrogens (primary N) is 1. The molecule has 1 aliphatic rings. The van der Waals surface area contributed by atoms with Crippen molar-refractivity contribution < 1.29 is 0 Å². The first-order valence-electron chi connectivity index (χ1n) is 6.36. The number of fused-ring (bicyclic) bond motifs is 1. The number of benzene rings is 1. The van der Waals surface area contributed by atoms with Crippen LogP contribution in [0, 0.1) is 0 Å². The lowest BCUT2D eigenvalue weighted by atomic mass is 10.1. The van der Waals surface area contributed by atoms with Crippen LogP contribution in [0.3, 0.4) is 0 Å². The van der Waals surface area contributed by atoms with Gasteiger partial charge in [-0.15, -0.1) is 0 Å². The lowest BCUT2D eigenvalue weighted by Gasteiger charge is -2.28. The number of rotatable bonds is 3. The summed E-state index contributed by atoms with van der Waals surface area (Å²) in [6.07, 6.45) is 3.94. The normalized spacial score (nSPS) is 15.6. The lowest BCUT2D eigenvalue weighted by molar-refractivity contribution is 0.208. The van der Waals surface area contributed by atoms with Crippen molar-refractivity contribution in [2.45, 2.75) is 26.2 Å².